The van der Waals surface area contributed by atoms with Gasteiger partial charge in [0, 0.05) is 11.1 Å². The number of aromatic nitrogens is 2. The van der Waals surface area contributed by atoms with Crippen LogP contribution in [0.4, 0.5) is 0 Å². The molecule has 0 amide bonds. The van der Waals surface area contributed by atoms with E-state index in [1.54, 1.807) is 0 Å². The molecule has 28 heavy (non-hydrogen) atoms. The van der Waals surface area contributed by atoms with E-state index in [1.807, 2.05) is 36.4 Å². The molecule has 4 rings (SSSR count). The van der Waals surface area contributed by atoms with Crippen LogP contribution in [0.25, 0.3) is 33.9 Å². The molecule has 0 N–H and O–H groups in total. The number of benzene rings is 2. The molecule has 0 saturated carbocycles. The molecular formula is C24H20ClN2Re. The third-order valence-electron chi connectivity index (χ3n) is 4.60. The van der Waals surface area contributed by atoms with Gasteiger partial charge < -0.3 is 0 Å². The summed E-state index contributed by atoms with van der Waals surface area (Å²) in [6.45, 7) is 4.22. The van der Waals surface area contributed by atoms with E-state index in [1.165, 1.54) is 29.3 Å². The maximum atomic E-state index is 4.87. The molecule has 2 aromatic heterocycles. The number of rotatable bonds is 3. The molecular weight excluding hydrogens is 538 g/mol. The van der Waals surface area contributed by atoms with Gasteiger partial charge in [-0.25, -0.2) is 9.97 Å². The first-order valence-electron chi connectivity index (χ1n) is 8.93. The van der Waals surface area contributed by atoms with Gasteiger partial charge in [0.15, 0.2) is 0 Å². The average Bonchev–Trinajstić information content (AvgIpc) is 2.76. The molecule has 2 nitrogen and oxygen atoms in total. The quantitative estimate of drug-likeness (QED) is 0.277. The first-order chi connectivity index (χ1) is 13.7. The Morgan fingerprint density at radius 2 is 0.857 bits per heavy atom. The van der Waals surface area contributed by atoms with Gasteiger partial charge in [-0.1, -0.05) is 60.7 Å². The van der Waals surface area contributed by atoms with Crippen LogP contribution in [0.2, 0.25) is 0 Å². The van der Waals surface area contributed by atoms with E-state index in [-0.39, 0.29) is 0 Å². The predicted octanol–water partition coefficient (Wildman–Crippen LogP) is 6.78. The number of hydrogen-bond acceptors (Lipinski definition) is 2. The van der Waals surface area contributed by atoms with E-state index in [4.69, 9.17) is 19.5 Å². The summed E-state index contributed by atoms with van der Waals surface area (Å²) in [5, 5.41) is 0. The Morgan fingerprint density at radius 1 is 0.500 bits per heavy atom. The average molecular weight is 558 g/mol. The molecule has 0 spiro atoms. The second-order valence-electron chi connectivity index (χ2n) is 6.45. The number of hydrogen-bond donors (Lipinski definition) is 0. The summed E-state index contributed by atoms with van der Waals surface area (Å²) >= 11 is 1.19. The fourth-order valence-electron chi connectivity index (χ4n) is 3.18. The molecule has 0 fully saturated rings. The molecule has 0 aliphatic carbocycles. The van der Waals surface area contributed by atoms with E-state index in [0.29, 0.717) is 0 Å². The minimum atomic E-state index is 0.890. The third-order valence-corrected chi connectivity index (χ3v) is 4.60. The molecule has 0 aliphatic rings. The molecule has 0 unspecified atom stereocenters. The fraction of sp³-hybridized carbons (Fsp3) is 0.0833. The molecule has 0 bridgehead atoms. The summed E-state index contributed by atoms with van der Waals surface area (Å²) in [7, 11) is 4.69. The van der Waals surface area contributed by atoms with Crippen LogP contribution in [-0.4, -0.2) is 9.97 Å². The van der Waals surface area contributed by atoms with Crippen molar-refractivity contribution in [3.63, 3.8) is 0 Å². The topological polar surface area (TPSA) is 25.8 Å². The van der Waals surface area contributed by atoms with Gasteiger partial charge >= 0.3 is 27.7 Å². The van der Waals surface area contributed by atoms with E-state index in [2.05, 4.69) is 62.4 Å². The van der Waals surface area contributed by atoms with Crippen molar-refractivity contribution in [3.8, 4) is 33.9 Å². The van der Waals surface area contributed by atoms with Crippen molar-refractivity contribution in [2.75, 3.05) is 0 Å². The number of pyridine rings is 2. The molecule has 0 saturated heterocycles. The van der Waals surface area contributed by atoms with E-state index < -0.39 is 0 Å². The van der Waals surface area contributed by atoms with Gasteiger partial charge in [0.2, 0.25) is 0 Å². The summed E-state index contributed by atoms with van der Waals surface area (Å²) in [6.07, 6.45) is 0. The Morgan fingerprint density at radius 3 is 1.25 bits per heavy atom. The zero-order valence-electron chi connectivity index (χ0n) is 15.7. The zero-order valence-corrected chi connectivity index (χ0v) is 19.2. The Kier molecular flexibility index (Phi) is 7.12. The van der Waals surface area contributed by atoms with Gasteiger partial charge in [-0.15, -0.1) is 0 Å². The monoisotopic (exact) mass is 558 g/mol. The zero-order chi connectivity index (χ0) is 19.9. The number of nitrogens with zero attached hydrogens (tertiary/aromatic N) is 2. The third kappa shape index (κ3) is 4.57. The van der Waals surface area contributed by atoms with Gasteiger partial charge in [0.25, 0.3) is 0 Å². The number of halogens is 1. The van der Waals surface area contributed by atoms with Gasteiger partial charge in [-0.3, -0.25) is 0 Å². The van der Waals surface area contributed by atoms with Crippen LogP contribution < -0.4 is 0 Å². The second kappa shape index (κ2) is 9.76. The molecule has 140 valence electrons. The normalized spacial score (nSPS) is 10.1. The van der Waals surface area contributed by atoms with Crippen LogP contribution in [0.5, 0.6) is 0 Å². The van der Waals surface area contributed by atoms with Crippen LogP contribution in [0.15, 0.2) is 84.9 Å². The van der Waals surface area contributed by atoms with Gasteiger partial charge in [0.05, 0.1) is 22.8 Å². The fourth-order valence-corrected chi connectivity index (χ4v) is 3.18. The summed E-state index contributed by atoms with van der Waals surface area (Å²) < 4.78 is 0. The van der Waals surface area contributed by atoms with Crippen LogP contribution >= 0.6 is 9.53 Å². The minimum absolute atomic E-state index is 0.890. The summed E-state index contributed by atoms with van der Waals surface area (Å²) in [5.74, 6) is 0. The Hall–Kier alpha value is -2.31. The van der Waals surface area contributed by atoms with E-state index >= 15 is 0 Å². The van der Waals surface area contributed by atoms with Crippen LogP contribution in [0.1, 0.15) is 11.1 Å². The van der Waals surface area contributed by atoms with Crippen LogP contribution in [-0.2, 0) is 18.2 Å². The Bertz CT molecular complexity index is 992. The van der Waals surface area contributed by atoms with Gasteiger partial charge in [0.1, 0.15) is 0 Å². The van der Waals surface area contributed by atoms with Crippen LogP contribution in [0, 0.1) is 13.8 Å². The van der Waals surface area contributed by atoms with Gasteiger partial charge in [-0.05, 0) is 49.2 Å². The van der Waals surface area contributed by atoms with E-state index in [9.17, 15) is 0 Å². The Labute approximate surface area is 181 Å². The van der Waals surface area contributed by atoms with E-state index in [0.717, 1.165) is 33.9 Å². The summed E-state index contributed by atoms with van der Waals surface area (Å²) in [5.41, 5.74) is 8.49. The maximum absolute atomic E-state index is 4.87. The van der Waals surface area contributed by atoms with Crippen molar-refractivity contribution in [2.45, 2.75) is 13.8 Å². The van der Waals surface area contributed by atoms with Crippen molar-refractivity contribution >= 4 is 9.53 Å². The van der Waals surface area contributed by atoms with Crippen molar-refractivity contribution in [1.29, 1.82) is 0 Å². The Balaban J connectivity index is 0.00000109. The molecule has 2 aromatic carbocycles. The first kappa shape index (κ1) is 20.4. The molecule has 2 heterocycles. The molecule has 0 atom stereocenters. The second-order valence-corrected chi connectivity index (χ2v) is 6.45. The number of aryl methyl sites for hydroxylation is 2. The van der Waals surface area contributed by atoms with Crippen molar-refractivity contribution in [1.82, 2.24) is 9.97 Å². The van der Waals surface area contributed by atoms with Crippen LogP contribution in [0.3, 0.4) is 0 Å². The van der Waals surface area contributed by atoms with Crippen molar-refractivity contribution in [3.05, 3.63) is 96.1 Å². The summed E-state index contributed by atoms with van der Waals surface area (Å²) in [4.78, 5) is 9.74. The van der Waals surface area contributed by atoms with Crippen molar-refractivity contribution in [2.24, 2.45) is 0 Å². The van der Waals surface area contributed by atoms with Gasteiger partial charge in [-0.2, -0.15) is 0 Å². The molecule has 4 aromatic rings. The molecule has 0 radical (unpaired) electrons. The molecule has 4 heteroatoms. The standard InChI is InChI=1S/C24H20N2.ClH.Re/c1-17-9-3-5-11-19(17)21-13-7-15-23(25-21)24-16-8-14-22(26-24)20-12-6-4-10-18(20)2;;/h3-16H,1-2H3;1H;/q;;+1/p-1. The first-order valence-corrected chi connectivity index (χ1v) is 12.3. The molecule has 0 aliphatic heterocycles. The summed E-state index contributed by atoms with van der Waals surface area (Å²) in [6, 6.07) is 28.9. The SMILES string of the molecule is Cc1ccccc1-c1cccc(-c2cccc(-c3ccccc3C)n2)n1.[Cl][Re]. The predicted molar refractivity (Wildman–Crippen MR) is 114 cm³/mol. The van der Waals surface area contributed by atoms with Crippen molar-refractivity contribution < 1.29 is 18.2 Å².